The Balaban J connectivity index is 3.21. The normalized spacial score (nSPS) is 11.4. The largest absolute Gasteiger partial charge is 0.295 e. The Hall–Kier alpha value is -1.85. The number of allylic oxidation sites excluding steroid dienone is 2. The summed E-state index contributed by atoms with van der Waals surface area (Å²) in [4.78, 5) is 11.4. The van der Waals surface area contributed by atoms with E-state index in [4.69, 9.17) is 16.9 Å². The first-order chi connectivity index (χ1) is 7.97. The highest BCUT2D eigenvalue weighted by Gasteiger charge is 2.21. The van der Waals surface area contributed by atoms with Gasteiger partial charge >= 0.3 is 0 Å². The average Bonchev–Trinajstić information content (AvgIpc) is 2.31. The molecule has 0 saturated carbocycles. The van der Waals surface area contributed by atoms with E-state index in [1.54, 1.807) is 24.3 Å². The van der Waals surface area contributed by atoms with Crippen LogP contribution in [0.5, 0.6) is 0 Å². The summed E-state index contributed by atoms with van der Waals surface area (Å²) < 4.78 is 0. The molecule has 0 fully saturated rings. The zero-order valence-corrected chi connectivity index (χ0v) is 10.3. The number of benzene rings is 1. The van der Waals surface area contributed by atoms with Gasteiger partial charge in [-0.2, -0.15) is 5.26 Å². The van der Waals surface area contributed by atoms with E-state index in [1.165, 1.54) is 6.92 Å². The number of ketones is 1. The van der Waals surface area contributed by atoms with Gasteiger partial charge in [0.05, 0.1) is 6.07 Å². The van der Waals surface area contributed by atoms with Crippen molar-refractivity contribution in [3.8, 4) is 6.07 Å². The maximum atomic E-state index is 11.4. The van der Waals surface area contributed by atoms with Crippen LogP contribution in [0.25, 0.3) is 0 Å². The van der Waals surface area contributed by atoms with Crippen molar-refractivity contribution in [2.24, 2.45) is 0 Å². The van der Waals surface area contributed by atoms with Crippen molar-refractivity contribution in [3.05, 3.63) is 59.2 Å². The van der Waals surface area contributed by atoms with Crippen LogP contribution in [0, 0.1) is 11.3 Å². The monoisotopic (exact) mass is 245 g/mol. The van der Waals surface area contributed by atoms with Crippen LogP contribution in [-0.2, 0) is 4.79 Å². The van der Waals surface area contributed by atoms with Crippen LogP contribution in [0.4, 0.5) is 0 Å². The number of halogens is 1. The van der Waals surface area contributed by atoms with E-state index in [9.17, 15) is 4.79 Å². The molecule has 1 atom stereocenters. The molecule has 1 aromatic rings. The second-order valence-electron chi connectivity index (χ2n) is 3.70. The highest BCUT2D eigenvalue weighted by molar-refractivity contribution is 6.30. The second-order valence-corrected chi connectivity index (χ2v) is 4.14. The van der Waals surface area contributed by atoms with Crippen LogP contribution >= 0.6 is 11.6 Å². The van der Waals surface area contributed by atoms with Crippen molar-refractivity contribution in [2.45, 2.75) is 12.8 Å². The lowest BCUT2D eigenvalue weighted by Crippen LogP contribution is -2.09. The number of hydrogen-bond donors (Lipinski definition) is 0. The third-order valence-electron chi connectivity index (χ3n) is 2.50. The van der Waals surface area contributed by atoms with Crippen molar-refractivity contribution < 1.29 is 4.79 Å². The Kier molecular flexibility index (Phi) is 4.25. The van der Waals surface area contributed by atoms with Gasteiger partial charge in [0, 0.05) is 22.1 Å². The Morgan fingerprint density at radius 1 is 1.35 bits per heavy atom. The minimum absolute atomic E-state index is 0.152. The molecule has 0 aliphatic rings. The van der Waals surface area contributed by atoms with Gasteiger partial charge in [0.1, 0.15) is 0 Å². The first-order valence-electron chi connectivity index (χ1n) is 5.01. The number of nitrogens with zero attached hydrogens (tertiary/aromatic N) is 1. The summed E-state index contributed by atoms with van der Waals surface area (Å²) in [5.74, 6) is -0.615. The maximum absolute atomic E-state index is 11.4. The van der Waals surface area contributed by atoms with Gasteiger partial charge in [-0.25, -0.2) is 0 Å². The molecule has 0 aromatic heterocycles. The second kappa shape index (κ2) is 5.47. The van der Waals surface area contributed by atoms with Crippen LogP contribution in [0.15, 0.2) is 48.6 Å². The summed E-state index contributed by atoms with van der Waals surface area (Å²) in [6, 6.07) is 8.93. The van der Waals surface area contributed by atoms with Crippen molar-refractivity contribution in [1.82, 2.24) is 0 Å². The molecule has 0 saturated heterocycles. The van der Waals surface area contributed by atoms with E-state index in [-0.39, 0.29) is 5.78 Å². The van der Waals surface area contributed by atoms with Crippen LogP contribution in [-0.4, -0.2) is 5.78 Å². The van der Waals surface area contributed by atoms with Crippen LogP contribution < -0.4 is 0 Å². The van der Waals surface area contributed by atoms with Crippen molar-refractivity contribution in [3.63, 3.8) is 0 Å². The smallest absolute Gasteiger partial charge is 0.156 e. The number of hydrogen-bond acceptors (Lipinski definition) is 2. The third-order valence-corrected chi connectivity index (χ3v) is 2.75. The molecule has 3 heteroatoms. The van der Waals surface area contributed by atoms with E-state index >= 15 is 0 Å². The predicted molar refractivity (Wildman–Crippen MR) is 68.8 cm³/mol. The predicted octanol–water partition coefficient (Wildman–Crippen LogP) is 3.65. The number of carbonyl (C=O) groups excluding carboxylic acids is 1. The molecule has 0 spiro atoms. The number of carbonyl (C=O) groups is 1. The minimum Gasteiger partial charge on any atom is -0.295 e. The molecule has 1 unspecified atom stereocenters. The lowest BCUT2D eigenvalue weighted by Gasteiger charge is -2.16. The molecule has 1 aromatic carbocycles. The summed E-state index contributed by atoms with van der Waals surface area (Å²) in [6.07, 6.45) is 0. The molecule has 0 aliphatic carbocycles. The van der Waals surface area contributed by atoms with Crippen molar-refractivity contribution in [1.29, 1.82) is 5.26 Å². The molecule has 0 bridgehead atoms. The van der Waals surface area contributed by atoms with Gasteiger partial charge in [0.25, 0.3) is 0 Å². The Morgan fingerprint density at radius 2 is 1.88 bits per heavy atom. The number of nitriles is 1. The number of rotatable bonds is 4. The fourth-order valence-corrected chi connectivity index (χ4v) is 1.66. The molecule has 0 heterocycles. The lowest BCUT2D eigenvalue weighted by molar-refractivity contribution is -0.113. The molecule has 0 amide bonds. The molecule has 86 valence electrons. The molecular formula is C14H12ClNO. The van der Waals surface area contributed by atoms with Crippen LogP contribution in [0.2, 0.25) is 5.02 Å². The first kappa shape index (κ1) is 13.2. The average molecular weight is 246 g/mol. The first-order valence-corrected chi connectivity index (χ1v) is 5.39. The van der Waals surface area contributed by atoms with Gasteiger partial charge in [0.2, 0.25) is 0 Å². The summed E-state index contributed by atoms with van der Waals surface area (Å²) in [5.41, 5.74) is 1.45. The molecule has 0 N–H and O–H groups in total. The molecule has 0 aliphatic heterocycles. The molecule has 17 heavy (non-hydrogen) atoms. The van der Waals surface area contributed by atoms with E-state index in [0.29, 0.717) is 16.2 Å². The summed E-state index contributed by atoms with van der Waals surface area (Å²) in [6.45, 7) is 8.82. The highest BCUT2D eigenvalue weighted by Crippen LogP contribution is 2.30. The fraction of sp³-hybridized carbons (Fsp3) is 0.143. The quantitative estimate of drug-likeness (QED) is 0.600. The zero-order valence-electron chi connectivity index (χ0n) is 9.53. The topological polar surface area (TPSA) is 40.9 Å². The summed E-state index contributed by atoms with van der Waals surface area (Å²) in [7, 11) is 0. The van der Waals surface area contributed by atoms with Crippen LogP contribution in [0.1, 0.15) is 18.4 Å². The maximum Gasteiger partial charge on any atom is 0.156 e. The Morgan fingerprint density at radius 3 is 2.29 bits per heavy atom. The third kappa shape index (κ3) is 3.05. The highest BCUT2D eigenvalue weighted by atomic mass is 35.5. The SMILES string of the molecule is C=C(C#N)C(C(=C)C(C)=O)c1ccc(Cl)cc1. The van der Waals surface area contributed by atoms with E-state index in [0.717, 1.165) is 5.56 Å². The molecular weight excluding hydrogens is 234 g/mol. The van der Waals surface area contributed by atoms with Crippen molar-refractivity contribution >= 4 is 17.4 Å². The summed E-state index contributed by atoms with van der Waals surface area (Å²) >= 11 is 5.80. The van der Waals surface area contributed by atoms with Gasteiger partial charge in [-0.3, -0.25) is 4.79 Å². The van der Waals surface area contributed by atoms with Gasteiger partial charge < -0.3 is 0 Å². The van der Waals surface area contributed by atoms with Crippen LogP contribution in [0.3, 0.4) is 0 Å². The van der Waals surface area contributed by atoms with E-state index in [2.05, 4.69) is 13.2 Å². The zero-order chi connectivity index (χ0) is 13.0. The molecule has 0 radical (unpaired) electrons. The molecule has 1 rings (SSSR count). The Bertz CT molecular complexity index is 508. The van der Waals surface area contributed by atoms with Gasteiger partial charge in [-0.05, 0) is 24.6 Å². The van der Waals surface area contributed by atoms with Crippen molar-refractivity contribution in [2.75, 3.05) is 0 Å². The molecule has 2 nitrogen and oxygen atoms in total. The summed E-state index contributed by atoms with van der Waals surface area (Å²) in [5, 5.41) is 9.52. The van der Waals surface area contributed by atoms with Gasteiger partial charge in [-0.15, -0.1) is 0 Å². The van der Waals surface area contributed by atoms with E-state index in [1.807, 2.05) is 6.07 Å². The standard InChI is InChI=1S/C14H12ClNO/c1-9(8-16)14(10(2)11(3)17)12-4-6-13(15)7-5-12/h4-7,14H,1-2H2,3H3. The minimum atomic E-state index is -0.463. The van der Waals surface area contributed by atoms with Gasteiger partial charge in [0.15, 0.2) is 5.78 Å². The Labute approximate surface area is 106 Å². The number of Topliss-reactive ketones (excluding diaryl/α,β-unsaturated/α-hetero) is 1. The van der Waals surface area contributed by atoms with E-state index < -0.39 is 5.92 Å². The lowest BCUT2D eigenvalue weighted by atomic mass is 9.85. The van der Waals surface area contributed by atoms with Gasteiger partial charge in [-0.1, -0.05) is 36.9 Å². The fourth-order valence-electron chi connectivity index (χ4n) is 1.54.